The second-order valence-electron chi connectivity index (χ2n) is 7.23. The van der Waals surface area contributed by atoms with Crippen molar-refractivity contribution in [3.63, 3.8) is 0 Å². The molecule has 0 aliphatic carbocycles. The Hall–Kier alpha value is -1.31. The Kier molecular flexibility index (Phi) is 4.44. The highest BCUT2D eigenvalue weighted by Crippen LogP contribution is 2.34. The Labute approximate surface area is 116 Å². The fourth-order valence-corrected chi connectivity index (χ4v) is 2.49. The summed E-state index contributed by atoms with van der Waals surface area (Å²) in [7, 11) is 0. The molecule has 1 rings (SSSR count). The van der Waals surface area contributed by atoms with Crippen LogP contribution in [0.2, 0.25) is 0 Å². The number of aliphatic carboxylic acids is 1. The molecule has 1 N–H and O–H groups in total. The lowest BCUT2D eigenvalue weighted by Crippen LogP contribution is -2.21. The Morgan fingerprint density at radius 1 is 1.00 bits per heavy atom. The van der Waals surface area contributed by atoms with Gasteiger partial charge < -0.3 is 5.11 Å². The minimum Gasteiger partial charge on any atom is -0.481 e. The molecule has 1 aromatic carbocycles. The Morgan fingerprint density at radius 2 is 1.42 bits per heavy atom. The van der Waals surface area contributed by atoms with Gasteiger partial charge in [-0.2, -0.15) is 0 Å². The van der Waals surface area contributed by atoms with Gasteiger partial charge in [0.25, 0.3) is 0 Å². The smallest absolute Gasteiger partial charge is 0.303 e. The second-order valence-corrected chi connectivity index (χ2v) is 7.23. The number of carbonyl (C=O) groups is 1. The molecule has 19 heavy (non-hydrogen) atoms. The first-order valence-corrected chi connectivity index (χ1v) is 6.88. The van der Waals surface area contributed by atoms with Crippen LogP contribution in [0.1, 0.15) is 64.7 Å². The second kappa shape index (κ2) is 5.36. The van der Waals surface area contributed by atoms with E-state index in [2.05, 4.69) is 59.7 Å². The first-order chi connectivity index (χ1) is 8.53. The molecule has 0 aromatic heterocycles. The summed E-state index contributed by atoms with van der Waals surface area (Å²) in [5, 5.41) is 8.96. The zero-order chi connectivity index (χ0) is 14.8. The first-order valence-electron chi connectivity index (χ1n) is 6.88. The minimum atomic E-state index is -0.733. The minimum absolute atomic E-state index is 0.0368. The van der Waals surface area contributed by atoms with E-state index in [4.69, 9.17) is 5.11 Å². The highest BCUT2D eigenvalue weighted by Gasteiger charge is 2.25. The summed E-state index contributed by atoms with van der Waals surface area (Å²) in [5.41, 5.74) is 3.82. The number of rotatable bonds is 3. The predicted octanol–water partition coefficient (Wildman–Crippen LogP) is 4.30. The molecule has 0 spiro atoms. The maximum absolute atomic E-state index is 10.9. The largest absolute Gasteiger partial charge is 0.481 e. The quantitative estimate of drug-likeness (QED) is 0.882. The van der Waals surface area contributed by atoms with E-state index in [9.17, 15) is 4.79 Å². The third kappa shape index (κ3) is 4.09. The molecule has 0 aliphatic heterocycles. The highest BCUT2D eigenvalue weighted by molar-refractivity contribution is 5.67. The molecule has 0 radical (unpaired) electrons. The van der Waals surface area contributed by atoms with Crippen molar-refractivity contribution in [2.24, 2.45) is 0 Å². The van der Waals surface area contributed by atoms with Crippen LogP contribution in [-0.4, -0.2) is 11.1 Å². The topological polar surface area (TPSA) is 37.3 Å². The van der Waals surface area contributed by atoms with E-state index in [1.165, 1.54) is 16.7 Å². The summed E-state index contributed by atoms with van der Waals surface area (Å²) in [4.78, 5) is 10.9. The first kappa shape index (κ1) is 15.7. The van der Waals surface area contributed by atoms with Crippen molar-refractivity contribution in [3.05, 3.63) is 34.9 Å². The molecule has 0 atom stereocenters. The van der Waals surface area contributed by atoms with Crippen LogP contribution in [0.4, 0.5) is 0 Å². The average Bonchev–Trinajstić information content (AvgIpc) is 2.23. The molecule has 0 aliphatic rings. The molecule has 0 saturated heterocycles. The van der Waals surface area contributed by atoms with Crippen molar-refractivity contribution in [2.45, 2.75) is 65.2 Å². The van der Waals surface area contributed by atoms with E-state index < -0.39 is 5.97 Å². The molecule has 106 valence electrons. The number of benzene rings is 1. The van der Waals surface area contributed by atoms with Gasteiger partial charge in [-0.15, -0.1) is 0 Å². The van der Waals surface area contributed by atoms with Gasteiger partial charge in [-0.1, -0.05) is 59.7 Å². The summed E-state index contributed by atoms with van der Waals surface area (Å²) < 4.78 is 0. The number of carboxylic acids is 1. The number of hydrogen-bond donors (Lipinski definition) is 1. The lowest BCUT2D eigenvalue weighted by molar-refractivity contribution is -0.136. The lowest BCUT2D eigenvalue weighted by atomic mass is 9.75. The van der Waals surface area contributed by atoms with Crippen molar-refractivity contribution in [3.8, 4) is 0 Å². The fraction of sp³-hybridized carbons (Fsp3) is 0.588. The third-order valence-electron chi connectivity index (χ3n) is 3.38. The molecule has 1 aromatic rings. The summed E-state index contributed by atoms with van der Waals surface area (Å²) >= 11 is 0. The van der Waals surface area contributed by atoms with Crippen molar-refractivity contribution >= 4 is 5.97 Å². The van der Waals surface area contributed by atoms with Gasteiger partial charge in [0.1, 0.15) is 0 Å². The monoisotopic (exact) mass is 262 g/mol. The van der Waals surface area contributed by atoms with Crippen LogP contribution < -0.4 is 0 Å². The molecular weight excluding hydrogens is 236 g/mol. The average molecular weight is 262 g/mol. The molecule has 0 saturated carbocycles. The van der Waals surface area contributed by atoms with Crippen molar-refractivity contribution in [1.29, 1.82) is 0 Å². The fourth-order valence-electron chi connectivity index (χ4n) is 2.49. The van der Waals surface area contributed by atoms with Crippen LogP contribution in [0, 0.1) is 0 Å². The van der Waals surface area contributed by atoms with Crippen LogP contribution >= 0.6 is 0 Å². The van der Waals surface area contributed by atoms with Gasteiger partial charge in [-0.3, -0.25) is 4.79 Å². The van der Waals surface area contributed by atoms with E-state index >= 15 is 0 Å². The molecule has 0 unspecified atom stereocenters. The van der Waals surface area contributed by atoms with E-state index in [1.54, 1.807) is 0 Å². The van der Waals surface area contributed by atoms with E-state index in [-0.39, 0.29) is 17.3 Å². The van der Waals surface area contributed by atoms with Gasteiger partial charge in [0.05, 0.1) is 0 Å². The van der Waals surface area contributed by atoms with Crippen LogP contribution in [0.15, 0.2) is 18.2 Å². The maximum atomic E-state index is 10.9. The van der Waals surface area contributed by atoms with Crippen molar-refractivity contribution in [1.82, 2.24) is 0 Å². The molecule has 0 heterocycles. The molecule has 0 bridgehead atoms. The highest BCUT2D eigenvalue weighted by atomic mass is 16.4. The summed E-state index contributed by atoms with van der Waals surface area (Å²) in [6, 6.07) is 6.35. The number of carboxylic acid groups (broad SMARTS) is 1. The van der Waals surface area contributed by atoms with Gasteiger partial charge in [-0.05, 0) is 33.9 Å². The van der Waals surface area contributed by atoms with Gasteiger partial charge in [0.15, 0.2) is 0 Å². The molecule has 2 nitrogen and oxygen atoms in total. The van der Waals surface area contributed by atoms with Crippen molar-refractivity contribution < 1.29 is 9.90 Å². The maximum Gasteiger partial charge on any atom is 0.303 e. The van der Waals surface area contributed by atoms with E-state index in [1.807, 2.05) is 0 Å². The zero-order valence-electron chi connectivity index (χ0n) is 13.0. The Morgan fingerprint density at radius 3 is 1.74 bits per heavy atom. The summed E-state index contributed by atoms with van der Waals surface area (Å²) in [6.07, 6.45) is 0.797. The van der Waals surface area contributed by atoms with Crippen LogP contribution in [0.5, 0.6) is 0 Å². The van der Waals surface area contributed by atoms with Crippen LogP contribution in [0.3, 0.4) is 0 Å². The van der Waals surface area contributed by atoms with Gasteiger partial charge in [0, 0.05) is 6.42 Å². The van der Waals surface area contributed by atoms with Crippen molar-refractivity contribution in [2.75, 3.05) is 0 Å². The third-order valence-corrected chi connectivity index (χ3v) is 3.38. The molecule has 0 amide bonds. The molecule has 0 fully saturated rings. The zero-order valence-corrected chi connectivity index (χ0v) is 13.0. The predicted molar refractivity (Wildman–Crippen MR) is 79.8 cm³/mol. The number of hydrogen-bond acceptors (Lipinski definition) is 1. The van der Waals surface area contributed by atoms with Gasteiger partial charge in [-0.25, -0.2) is 0 Å². The lowest BCUT2D eigenvalue weighted by Gasteiger charge is -2.30. The van der Waals surface area contributed by atoms with Crippen LogP contribution in [-0.2, 0) is 22.0 Å². The van der Waals surface area contributed by atoms with E-state index in [0.717, 1.165) is 0 Å². The van der Waals surface area contributed by atoms with Gasteiger partial charge >= 0.3 is 5.97 Å². The molecular formula is C17H26O2. The Bertz CT molecular complexity index is 427. The standard InChI is InChI=1S/C17H26O2/c1-16(2,3)13-8-7-9-14(17(4,5)6)12(13)10-11-15(18)19/h7-9H,10-11H2,1-6H3,(H,18,19). The van der Waals surface area contributed by atoms with Crippen LogP contribution in [0.25, 0.3) is 0 Å². The Balaban J connectivity index is 3.37. The molecule has 2 heteroatoms. The summed E-state index contributed by atoms with van der Waals surface area (Å²) in [6.45, 7) is 13.1. The summed E-state index contributed by atoms with van der Waals surface area (Å²) in [5.74, 6) is -0.733. The normalized spacial score (nSPS) is 12.5. The van der Waals surface area contributed by atoms with Gasteiger partial charge in [0.2, 0.25) is 0 Å². The van der Waals surface area contributed by atoms with E-state index in [0.29, 0.717) is 6.42 Å². The SMILES string of the molecule is CC(C)(C)c1cccc(C(C)(C)C)c1CCC(=O)O.